The van der Waals surface area contributed by atoms with E-state index in [9.17, 15) is 0 Å². The number of aromatic nitrogens is 2. The van der Waals surface area contributed by atoms with Crippen LogP contribution in [0.25, 0.3) is 72.3 Å². The van der Waals surface area contributed by atoms with Crippen molar-refractivity contribution in [2.45, 2.75) is 12.2 Å². The highest BCUT2D eigenvalue weighted by Gasteiger charge is 2.26. The first-order valence-electron chi connectivity index (χ1n) is 20.8. The molecule has 0 radical (unpaired) electrons. The molecule has 4 heterocycles. The molecular formula is C55H41N5. The average molecular weight is 772 g/mol. The van der Waals surface area contributed by atoms with Gasteiger partial charge < -0.3 is 19.8 Å². The van der Waals surface area contributed by atoms with Gasteiger partial charge in [0.2, 0.25) is 0 Å². The van der Waals surface area contributed by atoms with Gasteiger partial charge in [-0.25, -0.2) is 0 Å². The van der Waals surface area contributed by atoms with Gasteiger partial charge in [0.25, 0.3) is 0 Å². The molecule has 8 aromatic carbocycles. The number of nitrogens with one attached hydrogen (secondary N) is 3. The molecule has 60 heavy (non-hydrogen) atoms. The molecule has 0 spiro atoms. The summed E-state index contributed by atoms with van der Waals surface area (Å²) in [7, 11) is 0. The molecule has 3 N–H and O–H groups in total. The van der Waals surface area contributed by atoms with Gasteiger partial charge in [-0.05, 0) is 94.1 Å². The Labute approximate surface area is 348 Å². The topological polar surface area (TPSA) is 46.0 Å². The van der Waals surface area contributed by atoms with Crippen molar-refractivity contribution in [1.82, 2.24) is 19.8 Å². The van der Waals surface area contributed by atoms with Crippen LogP contribution in [0.3, 0.4) is 0 Å². The van der Waals surface area contributed by atoms with Crippen LogP contribution in [0, 0.1) is 0 Å². The van der Waals surface area contributed by atoms with Gasteiger partial charge in [-0.15, -0.1) is 0 Å². The maximum Gasteiger partial charge on any atom is 0.104 e. The van der Waals surface area contributed by atoms with Crippen LogP contribution >= 0.6 is 0 Å². The molecule has 5 nitrogen and oxygen atoms in total. The van der Waals surface area contributed by atoms with Crippen LogP contribution in [0.1, 0.15) is 40.0 Å². The van der Waals surface area contributed by atoms with Crippen molar-refractivity contribution in [3.63, 3.8) is 0 Å². The Morgan fingerprint density at radius 1 is 0.450 bits per heavy atom. The molecule has 2 aliphatic heterocycles. The standard InChI is InChI=1S/C55H41N5/c1-2-14-38(15-3-1)55-57-49(37-28-26-36(27-29-37)41-30-39-16-4-9-21-48(39)56-35-41)34-50(58-55)40-31-42(59-51-22-10-5-17-44(51)45-18-6-11-23-52(45)59)33-43(32-40)60-53-24-12-7-19-46(53)47-20-8-13-25-54(47)60/h1-34,50,55-58H,35H2. The van der Waals surface area contributed by atoms with Crippen LogP contribution in [0.15, 0.2) is 200 Å². The van der Waals surface area contributed by atoms with Gasteiger partial charge in [0.15, 0.2) is 0 Å². The third kappa shape index (κ3) is 5.74. The van der Waals surface area contributed by atoms with E-state index in [1.54, 1.807) is 0 Å². The van der Waals surface area contributed by atoms with Crippen molar-refractivity contribution < 1.29 is 0 Å². The van der Waals surface area contributed by atoms with Crippen molar-refractivity contribution in [1.29, 1.82) is 0 Å². The molecule has 286 valence electrons. The van der Waals surface area contributed by atoms with Crippen molar-refractivity contribution in [3.8, 4) is 11.4 Å². The molecule has 0 bridgehead atoms. The molecule has 2 aliphatic rings. The van der Waals surface area contributed by atoms with E-state index in [2.05, 4.69) is 231 Å². The fraction of sp³-hybridized carbons (Fsp3) is 0.0545. The molecule has 10 aromatic rings. The van der Waals surface area contributed by atoms with E-state index in [4.69, 9.17) is 0 Å². The van der Waals surface area contributed by atoms with Crippen molar-refractivity contribution in [2.24, 2.45) is 0 Å². The summed E-state index contributed by atoms with van der Waals surface area (Å²) in [6.07, 6.45) is 4.56. The Hall–Kier alpha value is -7.60. The Kier molecular flexibility index (Phi) is 8.06. The number of para-hydroxylation sites is 5. The first-order chi connectivity index (χ1) is 29.7. The summed E-state index contributed by atoms with van der Waals surface area (Å²) < 4.78 is 4.88. The molecule has 0 fully saturated rings. The molecule has 12 rings (SSSR count). The SMILES string of the molecule is C1=C(c2ccc(C3=CC(c4cc(-n5c6ccccc6c6ccccc65)cc(-n5c6ccccc6c6ccccc65)c4)NC(c4ccccc4)N3)cc2)CNc2ccccc21. The van der Waals surface area contributed by atoms with Gasteiger partial charge in [-0.1, -0.05) is 146 Å². The van der Waals surface area contributed by atoms with Crippen LogP contribution < -0.4 is 16.0 Å². The van der Waals surface area contributed by atoms with Gasteiger partial charge >= 0.3 is 0 Å². The third-order valence-electron chi connectivity index (χ3n) is 12.4. The highest BCUT2D eigenvalue weighted by atomic mass is 15.2. The first kappa shape index (κ1) is 34.4. The van der Waals surface area contributed by atoms with Gasteiger partial charge in [-0.2, -0.15) is 0 Å². The lowest BCUT2D eigenvalue weighted by Crippen LogP contribution is -2.39. The van der Waals surface area contributed by atoms with Crippen molar-refractivity contribution in [3.05, 3.63) is 228 Å². The second kappa shape index (κ2) is 14.0. The number of benzene rings is 8. The molecule has 0 amide bonds. The summed E-state index contributed by atoms with van der Waals surface area (Å²) in [6, 6.07) is 70.4. The summed E-state index contributed by atoms with van der Waals surface area (Å²) in [6.45, 7) is 0.802. The van der Waals surface area contributed by atoms with E-state index in [0.717, 1.165) is 29.2 Å². The summed E-state index contributed by atoms with van der Waals surface area (Å²) >= 11 is 0. The van der Waals surface area contributed by atoms with Crippen molar-refractivity contribution >= 4 is 66.6 Å². The van der Waals surface area contributed by atoms with E-state index in [0.29, 0.717) is 0 Å². The quantitative estimate of drug-likeness (QED) is 0.158. The first-order valence-corrected chi connectivity index (χ1v) is 20.8. The zero-order chi connectivity index (χ0) is 39.6. The zero-order valence-corrected chi connectivity index (χ0v) is 32.9. The fourth-order valence-electron chi connectivity index (χ4n) is 9.56. The van der Waals surface area contributed by atoms with Crippen LogP contribution in [0.4, 0.5) is 5.69 Å². The van der Waals surface area contributed by atoms with Crippen LogP contribution in [0.5, 0.6) is 0 Å². The largest absolute Gasteiger partial charge is 0.380 e. The molecule has 2 atom stereocenters. The van der Waals surface area contributed by atoms with Gasteiger partial charge in [0, 0.05) is 50.8 Å². The normalized spacial score (nSPS) is 16.3. The number of hydrogen-bond donors (Lipinski definition) is 3. The Morgan fingerprint density at radius 2 is 0.950 bits per heavy atom. The van der Waals surface area contributed by atoms with Crippen LogP contribution in [0.2, 0.25) is 0 Å². The number of hydrogen-bond acceptors (Lipinski definition) is 3. The van der Waals surface area contributed by atoms with Gasteiger partial charge in [0.1, 0.15) is 6.17 Å². The molecule has 5 heteroatoms. The smallest absolute Gasteiger partial charge is 0.104 e. The minimum absolute atomic E-state index is 0.118. The van der Waals surface area contributed by atoms with Crippen molar-refractivity contribution in [2.75, 3.05) is 11.9 Å². The molecule has 2 aromatic heterocycles. The van der Waals surface area contributed by atoms with E-state index in [1.807, 2.05) is 0 Å². The second-order valence-corrected chi connectivity index (χ2v) is 15.9. The lowest BCUT2D eigenvalue weighted by molar-refractivity contribution is 0.442. The number of anilines is 1. The van der Waals surface area contributed by atoms with E-state index < -0.39 is 0 Å². The third-order valence-corrected chi connectivity index (χ3v) is 12.4. The van der Waals surface area contributed by atoms with Gasteiger partial charge in [-0.3, -0.25) is 5.32 Å². The molecule has 0 saturated carbocycles. The second-order valence-electron chi connectivity index (χ2n) is 15.9. The molecule has 2 unspecified atom stereocenters. The number of fused-ring (bicyclic) bond motifs is 7. The summed E-state index contributed by atoms with van der Waals surface area (Å²) in [5.74, 6) is 0. The zero-order valence-electron chi connectivity index (χ0n) is 32.9. The molecule has 0 saturated heterocycles. The van der Waals surface area contributed by atoms with Crippen LogP contribution in [-0.2, 0) is 0 Å². The summed E-state index contributed by atoms with van der Waals surface area (Å²) in [5.41, 5.74) is 16.5. The predicted molar refractivity (Wildman–Crippen MR) is 251 cm³/mol. The van der Waals surface area contributed by atoms with Gasteiger partial charge in [0.05, 0.1) is 28.1 Å². The fourth-order valence-corrected chi connectivity index (χ4v) is 9.56. The highest BCUT2D eigenvalue weighted by molar-refractivity contribution is 6.10. The Bertz CT molecular complexity index is 3090. The monoisotopic (exact) mass is 771 g/mol. The lowest BCUT2D eigenvalue weighted by Gasteiger charge is -2.33. The molecule has 0 aliphatic carbocycles. The number of rotatable bonds is 6. The van der Waals surface area contributed by atoms with E-state index in [1.165, 1.54) is 77.1 Å². The predicted octanol–water partition coefficient (Wildman–Crippen LogP) is 12.8. The maximum absolute atomic E-state index is 4.03. The molecular weight excluding hydrogens is 731 g/mol. The minimum atomic E-state index is -0.119. The minimum Gasteiger partial charge on any atom is -0.380 e. The summed E-state index contributed by atoms with van der Waals surface area (Å²) in [5, 5.41) is 16.5. The average Bonchev–Trinajstić information content (AvgIpc) is 3.85. The van der Waals surface area contributed by atoms with E-state index in [-0.39, 0.29) is 12.2 Å². The summed E-state index contributed by atoms with van der Waals surface area (Å²) in [4.78, 5) is 0. The van der Waals surface area contributed by atoms with Crippen LogP contribution in [-0.4, -0.2) is 15.7 Å². The Balaban J connectivity index is 1.05. The number of nitrogens with zero attached hydrogens (tertiary/aromatic N) is 2. The lowest BCUT2D eigenvalue weighted by atomic mass is 9.95. The highest BCUT2D eigenvalue weighted by Crippen LogP contribution is 2.39. The van der Waals surface area contributed by atoms with E-state index >= 15 is 0 Å². The maximum atomic E-state index is 4.03. The Morgan fingerprint density at radius 3 is 1.53 bits per heavy atom.